The third kappa shape index (κ3) is 7.22. The number of pyridine rings is 2. The summed E-state index contributed by atoms with van der Waals surface area (Å²) in [6, 6.07) is 6.34. The predicted octanol–water partition coefficient (Wildman–Crippen LogP) is 3.76. The van der Waals surface area contributed by atoms with E-state index < -0.39 is 11.7 Å². The fourth-order valence-corrected chi connectivity index (χ4v) is 4.45. The van der Waals surface area contributed by atoms with Gasteiger partial charge in [0.05, 0.1) is 24.6 Å². The van der Waals surface area contributed by atoms with Crippen molar-refractivity contribution in [2.24, 2.45) is 0 Å². The summed E-state index contributed by atoms with van der Waals surface area (Å²) in [6.07, 6.45) is 0.242. The summed E-state index contributed by atoms with van der Waals surface area (Å²) in [4.78, 5) is 27.3. The van der Waals surface area contributed by atoms with E-state index in [1.165, 1.54) is 6.07 Å². The normalized spacial score (nSPS) is 17.4. The number of ether oxygens (including phenoxy) is 1. The Morgan fingerprint density at radius 3 is 2.31 bits per heavy atom. The molecule has 2 fully saturated rings. The first-order valence-electron chi connectivity index (χ1n) is 11.9. The van der Waals surface area contributed by atoms with Gasteiger partial charge in [-0.1, -0.05) is 7.43 Å². The zero-order valence-electron chi connectivity index (χ0n) is 19.8. The molecule has 4 heterocycles. The van der Waals surface area contributed by atoms with Crippen molar-refractivity contribution in [3.63, 3.8) is 0 Å². The highest BCUT2D eigenvalue weighted by molar-refractivity contribution is 5.76. The largest absolute Gasteiger partial charge is 0.481 e. The van der Waals surface area contributed by atoms with E-state index in [9.17, 15) is 18.0 Å². The van der Waals surface area contributed by atoms with E-state index >= 15 is 0 Å². The van der Waals surface area contributed by atoms with Gasteiger partial charge in [-0.15, -0.1) is 0 Å². The number of anilines is 2. The molecule has 0 saturated carbocycles. The third-order valence-electron chi connectivity index (χ3n) is 6.60. The van der Waals surface area contributed by atoms with Gasteiger partial charge in [0.15, 0.2) is 0 Å². The Morgan fingerprint density at radius 2 is 1.75 bits per heavy atom. The molecule has 0 aliphatic carbocycles. The van der Waals surface area contributed by atoms with Gasteiger partial charge in [0.1, 0.15) is 5.82 Å². The topological polar surface area (TPSA) is 73.8 Å². The van der Waals surface area contributed by atoms with Crippen LogP contribution in [-0.2, 0) is 11.0 Å². The summed E-state index contributed by atoms with van der Waals surface area (Å²) in [6.45, 7) is 5.57. The maximum absolute atomic E-state index is 12.7. The van der Waals surface area contributed by atoms with Crippen LogP contribution in [0.5, 0.6) is 5.88 Å². The SMILES string of the molecule is C.COc1ccc(N2CCN(CCC(=O)N3CCC(Nc4ccc(C(F)(F)F)cn4)CC3)CC2)cn1. The summed E-state index contributed by atoms with van der Waals surface area (Å²) in [5.74, 6) is 1.17. The lowest BCUT2D eigenvalue weighted by Crippen LogP contribution is -2.48. The number of nitrogens with zero attached hydrogens (tertiary/aromatic N) is 5. The van der Waals surface area contributed by atoms with E-state index in [4.69, 9.17) is 4.74 Å². The predicted molar refractivity (Wildman–Crippen MR) is 133 cm³/mol. The fraction of sp³-hybridized carbons (Fsp3) is 0.560. The van der Waals surface area contributed by atoms with E-state index in [0.717, 1.165) is 63.5 Å². The lowest BCUT2D eigenvalue weighted by Gasteiger charge is -2.36. The van der Waals surface area contributed by atoms with Crippen molar-refractivity contribution in [2.45, 2.75) is 38.9 Å². The number of likely N-dealkylation sites (tertiary alicyclic amines) is 1. The molecule has 2 aliphatic heterocycles. The van der Waals surface area contributed by atoms with Gasteiger partial charge in [0, 0.05) is 70.5 Å². The zero-order valence-corrected chi connectivity index (χ0v) is 19.8. The number of carbonyl (C=O) groups excluding carboxylic acids is 1. The van der Waals surface area contributed by atoms with Gasteiger partial charge in [-0.2, -0.15) is 13.2 Å². The molecule has 198 valence electrons. The number of nitrogens with one attached hydrogen (secondary N) is 1. The van der Waals surface area contributed by atoms with Crippen LogP contribution in [0.3, 0.4) is 0 Å². The van der Waals surface area contributed by atoms with E-state index in [-0.39, 0.29) is 19.4 Å². The molecule has 2 aromatic rings. The molecule has 0 unspecified atom stereocenters. The lowest BCUT2D eigenvalue weighted by atomic mass is 10.0. The molecule has 2 aromatic heterocycles. The Labute approximate surface area is 210 Å². The van der Waals surface area contributed by atoms with Crippen LogP contribution >= 0.6 is 0 Å². The fourth-order valence-electron chi connectivity index (χ4n) is 4.45. The van der Waals surface area contributed by atoms with Gasteiger partial charge in [0.2, 0.25) is 11.8 Å². The van der Waals surface area contributed by atoms with Crippen molar-refractivity contribution in [1.82, 2.24) is 19.8 Å². The number of hydrogen-bond donors (Lipinski definition) is 1. The number of rotatable bonds is 7. The highest BCUT2D eigenvalue weighted by Crippen LogP contribution is 2.29. The second kappa shape index (κ2) is 12.2. The summed E-state index contributed by atoms with van der Waals surface area (Å²) in [5.41, 5.74) is 0.312. The Kier molecular flexibility index (Phi) is 9.36. The van der Waals surface area contributed by atoms with Crippen LogP contribution in [0.25, 0.3) is 0 Å². The van der Waals surface area contributed by atoms with E-state index in [2.05, 4.69) is 25.1 Å². The minimum atomic E-state index is -4.39. The molecule has 1 N–H and O–H groups in total. The Balaban J connectivity index is 0.00000361. The van der Waals surface area contributed by atoms with Crippen LogP contribution in [0.4, 0.5) is 24.7 Å². The molecule has 0 atom stereocenters. The van der Waals surface area contributed by atoms with Gasteiger partial charge >= 0.3 is 6.18 Å². The van der Waals surface area contributed by atoms with Crippen LogP contribution in [0.2, 0.25) is 0 Å². The Morgan fingerprint density at radius 1 is 1.03 bits per heavy atom. The summed E-state index contributed by atoms with van der Waals surface area (Å²) in [5, 5.41) is 3.19. The molecule has 2 saturated heterocycles. The summed E-state index contributed by atoms with van der Waals surface area (Å²) < 4.78 is 43.2. The van der Waals surface area contributed by atoms with Crippen LogP contribution in [0.15, 0.2) is 36.7 Å². The summed E-state index contributed by atoms with van der Waals surface area (Å²) >= 11 is 0. The third-order valence-corrected chi connectivity index (χ3v) is 6.60. The van der Waals surface area contributed by atoms with Gasteiger partial charge < -0.3 is 19.9 Å². The quantitative estimate of drug-likeness (QED) is 0.611. The first kappa shape index (κ1) is 27.5. The van der Waals surface area contributed by atoms with Crippen molar-refractivity contribution in [3.05, 3.63) is 42.2 Å². The molecule has 2 aliphatic rings. The molecule has 0 bridgehead atoms. The van der Waals surface area contributed by atoms with Crippen molar-refractivity contribution in [3.8, 4) is 5.88 Å². The lowest BCUT2D eigenvalue weighted by molar-refractivity contribution is -0.137. The standard InChI is InChI=1S/C24H31F3N6O2.CH4/c1-35-22-5-3-20(17-29-22)32-14-12-31(13-15-32)9-8-23(34)33-10-6-19(7-11-33)30-21-4-2-18(16-28-21)24(25,26)27;/h2-5,16-17,19H,6-15H2,1H3,(H,28,30);1H4. The molecule has 0 radical (unpaired) electrons. The van der Waals surface area contributed by atoms with Gasteiger partial charge in [-0.3, -0.25) is 9.69 Å². The molecule has 0 spiro atoms. The van der Waals surface area contributed by atoms with Crippen molar-refractivity contribution < 1.29 is 22.7 Å². The number of amides is 1. The molecular weight excluding hydrogens is 473 g/mol. The number of piperidine rings is 1. The number of carbonyl (C=O) groups is 1. The first-order valence-corrected chi connectivity index (χ1v) is 11.9. The Hall–Kier alpha value is -3.08. The highest BCUT2D eigenvalue weighted by Gasteiger charge is 2.31. The van der Waals surface area contributed by atoms with E-state index in [1.54, 1.807) is 7.11 Å². The van der Waals surface area contributed by atoms with Gasteiger partial charge in [-0.05, 0) is 31.0 Å². The molecule has 11 heteroatoms. The van der Waals surface area contributed by atoms with Gasteiger partial charge in [0.25, 0.3) is 0 Å². The molecule has 4 rings (SSSR count). The van der Waals surface area contributed by atoms with E-state index in [0.29, 0.717) is 31.2 Å². The zero-order chi connectivity index (χ0) is 24.8. The second-order valence-electron chi connectivity index (χ2n) is 8.87. The summed E-state index contributed by atoms with van der Waals surface area (Å²) in [7, 11) is 1.60. The first-order chi connectivity index (χ1) is 16.8. The molecular formula is C25H35F3N6O2. The van der Waals surface area contributed by atoms with Crippen LogP contribution in [0, 0.1) is 0 Å². The van der Waals surface area contributed by atoms with Crippen molar-refractivity contribution >= 4 is 17.4 Å². The van der Waals surface area contributed by atoms with Crippen molar-refractivity contribution in [2.75, 3.05) is 63.1 Å². The Bertz CT molecular complexity index is 955. The maximum Gasteiger partial charge on any atom is 0.417 e. The second-order valence-corrected chi connectivity index (χ2v) is 8.87. The van der Waals surface area contributed by atoms with Crippen LogP contribution in [-0.4, -0.2) is 84.6 Å². The van der Waals surface area contributed by atoms with Crippen LogP contribution in [0.1, 0.15) is 32.3 Å². The average Bonchev–Trinajstić information content (AvgIpc) is 2.88. The molecule has 1 amide bonds. The smallest absolute Gasteiger partial charge is 0.417 e. The van der Waals surface area contributed by atoms with Crippen LogP contribution < -0.4 is 15.0 Å². The van der Waals surface area contributed by atoms with Gasteiger partial charge in [-0.25, -0.2) is 9.97 Å². The highest BCUT2D eigenvalue weighted by atomic mass is 19.4. The van der Waals surface area contributed by atoms with Crippen molar-refractivity contribution in [1.29, 1.82) is 0 Å². The maximum atomic E-state index is 12.7. The molecule has 36 heavy (non-hydrogen) atoms. The monoisotopic (exact) mass is 508 g/mol. The number of hydrogen-bond acceptors (Lipinski definition) is 7. The van der Waals surface area contributed by atoms with E-state index in [1.807, 2.05) is 23.2 Å². The number of methoxy groups -OCH3 is 1. The molecule has 0 aromatic carbocycles. The number of aromatic nitrogens is 2. The number of alkyl halides is 3. The number of halogens is 3. The minimum absolute atomic E-state index is 0. The molecule has 8 nitrogen and oxygen atoms in total. The number of piperazine rings is 1. The average molecular weight is 509 g/mol. The minimum Gasteiger partial charge on any atom is -0.481 e.